The highest BCUT2D eigenvalue weighted by Crippen LogP contribution is 2.27. The van der Waals surface area contributed by atoms with Gasteiger partial charge in [0.05, 0.1) is 0 Å². The van der Waals surface area contributed by atoms with E-state index in [4.69, 9.17) is 10.7 Å². The van der Waals surface area contributed by atoms with Crippen molar-refractivity contribution >= 4 is 0 Å². The Balaban J connectivity index is 2.19. The molecule has 1 fully saturated rings. The molecule has 0 bridgehead atoms. The molecule has 0 aromatic carbocycles. The van der Waals surface area contributed by atoms with Crippen LogP contribution in [0.4, 0.5) is 0 Å². The summed E-state index contributed by atoms with van der Waals surface area (Å²) in [6, 6.07) is 2.14. The summed E-state index contributed by atoms with van der Waals surface area (Å²) in [6.07, 6.45) is 2.40. The van der Waals surface area contributed by atoms with Crippen LogP contribution < -0.4 is 5.73 Å². The third-order valence-electron chi connectivity index (χ3n) is 3.82. The predicted molar refractivity (Wildman–Crippen MR) is 73.7 cm³/mol. The number of nitrogens with two attached hydrogens (primary N) is 1. The Hall–Kier alpha value is -1.00. The van der Waals surface area contributed by atoms with Crippen LogP contribution in [0, 0.1) is 6.92 Å². The topological polar surface area (TPSA) is 55.0 Å². The highest BCUT2D eigenvalue weighted by Gasteiger charge is 2.21. The van der Waals surface area contributed by atoms with E-state index in [0.29, 0.717) is 12.5 Å². The van der Waals surface area contributed by atoms with Gasteiger partial charge < -0.3 is 10.6 Å². The van der Waals surface area contributed by atoms with Crippen LogP contribution in [-0.4, -0.2) is 41.5 Å². The first-order chi connectivity index (χ1) is 8.60. The molecule has 0 aliphatic carbocycles. The average molecular weight is 248 g/mol. The molecule has 1 saturated heterocycles. The Kier molecular flexibility index (Phi) is 4.30. The van der Waals surface area contributed by atoms with Gasteiger partial charge in [-0.1, -0.05) is 6.92 Å². The third-order valence-corrected chi connectivity index (χ3v) is 3.82. The van der Waals surface area contributed by atoms with Gasteiger partial charge in [0.25, 0.3) is 0 Å². The van der Waals surface area contributed by atoms with Gasteiger partial charge in [-0.2, -0.15) is 0 Å². The Morgan fingerprint density at radius 1 is 1.39 bits per heavy atom. The smallest absolute Gasteiger partial charge is 0.132 e. The van der Waals surface area contributed by atoms with Gasteiger partial charge >= 0.3 is 0 Å². The molecule has 18 heavy (non-hydrogen) atoms. The van der Waals surface area contributed by atoms with Crippen molar-refractivity contribution in [3.05, 3.63) is 23.3 Å². The number of hydrogen-bond acceptors (Lipinski definition) is 4. The van der Waals surface area contributed by atoms with Gasteiger partial charge in [-0.15, -0.1) is 0 Å². The van der Waals surface area contributed by atoms with Crippen molar-refractivity contribution in [3.8, 4) is 0 Å². The molecule has 0 amide bonds. The van der Waals surface area contributed by atoms with Crippen LogP contribution in [0.3, 0.4) is 0 Å². The molecule has 0 spiro atoms. The monoisotopic (exact) mass is 248 g/mol. The molecule has 4 heteroatoms. The van der Waals surface area contributed by atoms with Gasteiger partial charge in [0.1, 0.15) is 5.82 Å². The lowest BCUT2D eigenvalue weighted by Crippen LogP contribution is -2.29. The van der Waals surface area contributed by atoms with Gasteiger partial charge in [0, 0.05) is 29.8 Å². The van der Waals surface area contributed by atoms with E-state index in [0.717, 1.165) is 24.6 Å². The largest absolute Gasteiger partial charge is 0.330 e. The van der Waals surface area contributed by atoms with Crippen molar-refractivity contribution in [2.24, 2.45) is 5.73 Å². The van der Waals surface area contributed by atoms with E-state index in [-0.39, 0.29) is 5.92 Å². The molecule has 0 radical (unpaired) electrons. The van der Waals surface area contributed by atoms with E-state index in [1.54, 1.807) is 0 Å². The maximum Gasteiger partial charge on any atom is 0.132 e. The summed E-state index contributed by atoms with van der Waals surface area (Å²) in [7, 11) is 2.18. The minimum absolute atomic E-state index is 0.245. The van der Waals surface area contributed by atoms with Crippen molar-refractivity contribution in [3.63, 3.8) is 0 Å². The van der Waals surface area contributed by atoms with E-state index in [2.05, 4.69) is 29.9 Å². The molecule has 1 unspecified atom stereocenters. The molecule has 1 aromatic rings. The summed E-state index contributed by atoms with van der Waals surface area (Å²) in [5, 5.41) is 0. The van der Waals surface area contributed by atoms with Crippen molar-refractivity contribution < 1.29 is 0 Å². The number of aryl methyl sites for hydroxylation is 1. The Labute approximate surface area is 110 Å². The zero-order valence-electron chi connectivity index (χ0n) is 11.7. The maximum absolute atomic E-state index is 5.71. The van der Waals surface area contributed by atoms with Crippen LogP contribution in [0.5, 0.6) is 0 Å². The second-order valence-electron chi connectivity index (χ2n) is 5.51. The predicted octanol–water partition coefficient (Wildman–Crippen LogP) is 1.66. The van der Waals surface area contributed by atoms with Crippen LogP contribution in [0.2, 0.25) is 0 Å². The molecule has 1 aliphatic heterocycles. The van der Waals surface area contributed by atoms with Crippen molar-refractivity contribution in [1.82, 2.24) is 14.9 Å². The van der Waals surface area contributed by atoms with Crippen molar-refractivity contribution in [2.75, 3.05) is 26.7 Å². The molecule has 2 heterocycles. The third kappa shape index (κ3) is 3.06. The SMILES string of the molecule is Cc1cc(C2CCN(C)CC2)nc(C(C)CN)n1. The molecular weight excluding hydrogens is 224 g/mol. The lowest BCUT2D eigenvalue weighted by molar-refractivity contribution is 0.253. The summed E-state index contributed by atoms with van der Waals surface area (Å²) >= 11 is 0. The first-order valence-electron chi connectivity index (χ1n) is 6.84. The Bertz CT molecular complexity index is 397. The van der Waals surface area contributed by atoms with E-state index in [9.17, 15) is 0 Å². The van der Waals surface area contributed by atoms with Crippen molar-refractivity contribution in [1.29, 1.82) is 0 Å². The summed E-state index contributed by atoms with van der Waals surface area (Å²) in [5.41, 5.74) is 7.99. The zero-order valence-corrected chi connectivity index (χ0v) is 11.7. The molecule has 4 nitrogen and oxygen atoms in total. The second kappa shape index (κ2) is 5.76. The number of piperidine rings is 1. The fourth-order valence-electron chi connectivity index (χ4n) is 2.46. The first kappa shape index (κ1) is 13.4. The summed E-state index contributed by atoms with van der Waals surface area (Å²) in [6.45, 7) is 7.07. The van der Waals surface area contributed by atoms with Crippen molar-refractivity contribution in [2.45, 2.75) is 38.5 Å². The summed E-state index contributed by atoms with van der Waals surface area (Å²) < 4.78 is 0. The molecule has 1 aliphatic rings. The second-order valence-corrected chi connectivity index (χ2v) is 5.51. The Morgan fingerprint density at radius 3 is 2.67 bits per heavy atom. The fourth-order valence-corrected chi connectivity index (χ4v) is 2.46. The highest BCUT2D eigenvalue weighted by molar-refractivity contribution is 5.16. The molecule has 100 valence electrons. The van der Waals surface area contributed by atoms with E-state index in [1.165, 1.54) is 18.5 Å². The minimum atomic E-state index is 0.245. The standard InChI is InChI=1S/C14H24N4/c1-10(9-15)14-16-11(2)8-13(17-14)12-4-6-18(3)7-5-12/h8,10,12H,4-7,9,15H2,1-3H3. The summed E-state index contributed by atoms with van der Waals surface area (Å²) in [5.74, 6) is 1.74. The van der Waals surface area contributed by atoms with Crippen LogP contribution in [0.15, 0.2) is 6.07 Å². The van der Waals surface area contributed by atoms with Gasteiger partial charge in [-0.25, -0.2) is 9.97 Å². The molecule has 2 N–H and O–H groups in total. The Morgan fingerprint density at radius 2 is 2.06 bits per heavy atom. The molecule has 0 saturated carbocycles. The molecule has 1 aromatic heterocycles. The number of likely N-dealkylation sites (tertiary alicyclic amines) is 1. The van der Waals surface area contributed by atoms with Gasteiger partial charge in [-0.3, -0.25) is 0 Å². The molecule has 1 atom stereocenters. The number of aromatic nitrogens is 2. The quantitative estimate of drug-likeness (QED) is 0.884. The molecule has 2 rings (SSSR count). The molecular formula is C14H24N4. The maximum atomic E-state index is 5.71. The first-order valence-corrected chi connectivity index (χ1v) is 6.84. The summed E-state index contributed by atoms with van der Waals surface area (Å²) in [4.78, 5) is 11.6. The van der Waals surface area contributed by atoms with E-state index >= 15 is 0 Å². The zero-order chi connectivity index (χ0) is 13.1. The number of hydrogen-bond donors (Lipinski definition) is 1. The van der Waals surface area contributed by atoms with E-state index in [1.807, 2.05) is 6.92 Å². The van der Waals surface area contributed by atoms with Crippen LogP contribution in [0.25, 0.3) is 0 Å². The normalized spacial score (nSPS) is 20.0. The van der Waals surface area contributed by atoms with Crippen LogP contribution in [0.1, 0.15) is 48.8 Å². The van der Waals surface area contributed by atoms with Crippen LogP contribution >= 0.6 is 0 Å². The fraction of sp³-hybridized carbons (Fsp3) is 0.714. The average Bonchev–Trinajstić information content (AvgIpc) is 2.38. The number of nitrogens with zero attached hydrogens (tertiary/aromatic N) is 3. The number of rotatable bonds is 3. The van der Waals surface area contributed by atoms with E-state index < -0.39 is 0 Å². The lowest BCUT2D eigenvalue weighted by atomic mass is 9.93. The van der Waals surface area contributed by atoms with Gasteiger partial charge in [-0.05, 0) is 46.0 Å². The van der Waals surface area contributed by atoms with Gasteiger partial charge in [0.15, 0.2) is 0 Å². The van der Waals surface area contributed by atoms with Crippen LogP contribution in [-0.2, 0) is 0 Å². The highest BCUT2D eigenvalue weighted by atomic mass is 15.1. The van der Waals surface area contributed by atoms with Gasteiger partial charge in [0.2, 0.25) is 0 Å². The lowest BCUT2D eigenvalue weighted by Gasteiger charge is -2.29. The minimum Gasteiger partial charge on any atom is -0.330 e.